The van der Waals surface area contributed by atoms with Crippen molar-refractivity contribution in [3.05, 3.63) is 66.2 Å². The van der Waals surface area contributed by atoms with E-state index in [0.717, 1.165) is 10.5 Å². The predicted octanol–water partition coefficient (Wildman–Crippen LogP) is 2.96. The van der Waals surface area contributed by atoms with E-state index in [1.807, 2.05) is 30.3 Å². The number of carbonyl (C=O) groups is 2. The standard InChI is InChI=1S/C17H17NO4/c1-22-17(21)18(14-10-6-3-7-11-14)15(16(19)20)12-13-8-4-2-5-9-13/h2-11,15H,12H2,1H3,(H,19,20)/t15-/m0/s1. The topological polar surface area (TPSA) is 66.8 Å². The Bertz CT molecular complexity index is 628. The molecule has 0 bridgehead atoms. The largest absolute Gasteiger partial charge is 0.480 e. The van der Waals surface area contributed by atoms with Crippen LogP contribution in [0.2, 0.25) is 0 Å². The van der Waals surface area contributed by atoms with Gasteiger partial charge < -0.3 is 9.84 Å². The summed E-state index contributed by atoms with van der Waals surface area (Å²) < 4.78 is 4.76. The number of carbonyl (C=O) groups excluding carboxylic acids is 1. The van der Waals surface area contributed by atoms with Crippen LogP contribution >= 0.6 is 0 Å². The zero-order chi connectivity index (χ0) is 15.9. The average molecular weight is 299 g/mol. The van der Waals surface area contributed by atoms with Gasteiger partial charge in [-0.25, -0.2) is 9.59 Å². The molecule has 0 unspecified atom stereocenters. The molecule has 0 saturated heterocycles. The second kappa shape index (κ2) is 7.26. The maximum atomic E-state index is 12.1. The summed E-state index contributed by atoms with van der Waals surface area (Å²) in [6, 6.07) is 16.8. The predicted molar refractivity (Wildman–Crippen MR) is 82.9 cm³/mol. The van der Waals surface area contributed by atoms with Crippen molar-refractivity contribution in [2.45, 2.75) is 12.5 Å². The lowest BCUT2D eigenvalue weighted by Gasteiger charge is -2.27. The van der Waals surface area contributed by atoms with Crippen LogP contribution in [0.4, 0.5) is 10.5 Å². The van der Waals surface area contributed by atoms with Crippen LogP contribution in [0, 0.1) is 0 Å². The molecule has 0 spiro atoms. The van der Waals surface area contributed by atoms with Gasteiger partial charge in [0.15, 0.2) is 0 Å². The number of benzene rings is 2. The van der Waals surface area contributed by atoms with Gasteiger partial charge in [-0.1, -0.05) is 48.5 Å². The van der Waals surface area contributed by atoms with Crippen LogP contribution in [0.25, 0.3) is 0 Å². The van der Waals surface area contributed by atoms with Crippen LogP contribution in [-0.2, 0) is 16.0 Å². The molecule has 1 atom stereocenters. The van der Waals surface area contributed by atoms with Gasteiger partial charge in [-0.3, -0.25) is 4.90 Å². The molecule has 2 rings (SSSR count). The molecular weight excluding hydrogens is 282 g/mol. The average Bonchev–Trinajstić information content (AvgIpc) is 2.55. The quantitative estimate of drug-likeness (QED) is 0.921. The maximum absolute atomic E-state index is 12.1. The number of carboxylic acid groups (broad SMARTS) is 1. The highest BCUT2D eigenvalue weighted by molar-refractivity contribution is 5.95. The third-order valence-electron chi connectivity index (χ3n) is 3.27. The third-order valence-corrected chi connectivity index (χ3v) is 3.27. The van der Waals surface area contributed by atoms with Crippen LogP contribution in [0.5, 0.6) is 0 Å². The van der Waals surface area contributed by atoms with Crippen molar-refractivity contribution >= 4 is 17.7 Å². The number of aliphatic carboxylic acids is 1. The van der Waals surface area contributed by atoms with Gasteiger partial charge >= 0.3 is 12.1 Å². The van der Waals surface area contributed by atoms with Crippen molar-refractivity contribution in [2.24, 2.45) is 0 Å². The molecule has 0 aliphatic heterocycles. The molecule has 2 aromatic rings. The first-order valence-electron chi connectivity index (χ1n) is 6.82. The van der Waals surface area contributed by atoms with Crippen molar-refractivity contribution in [2.75, 3.05) is 12.0 Å². The Kier molecular flexibility index (Phi) is 5.14. The fraction of sp³-hybridized carbons (Fsp3) is 0.176. The van der Waals surface area contributed by atoms with Crippen molar-refractivity contribution < 1.29 is 19.4 Å². The Morgan fingerprint density at radius 3 is 2.09 bits per heavy atom. The molecule has 5 heteroatoms. The summed E-state index contributed by atoms with van der Waals surface area (Å²) >= 11 is 0. The number of ether oxygens (including phenoxy) is 1. The summed E-state index contributed by atoms with van der Waals surface area (Å²) in [6.07, 6.45) is -0.505. The van der Waals surface area contributed by atoms with E-state index in [0.29, 0.717) is 5.69 Å². The highest BCUT2D eigenvalue weighted by Gasteiger charge is 2.31. The zero-order valence-electron chi connectivity index (χ0n) is 12.2. The molecule has 1 N–H and O–H groups in total. The minimum Gasteiger partial charge on any atom is -0.480 e. The van der Waals surface area contributed by atoms with E-state index in [1.54, 1.807) is 30.3 Å². The van der Waals surface area contributed by atoms with E-state index in [1.165, 1.54) is 7.11 Å². The van der Waals surface area contributed by atoms with Gasteiger partial charge in [-0.2, -0.15) is 0 Å². The van der Waals surface area contributed by atoms with Crippen LogP contribution in [0.1, 0.15) is 5.56 Å². The molecule has 0 saturated carbocycles. The van der Waals surface area contributed by atoms with Gasteiger partial charge in [0.1, 0.15) is 6.04 Å². The van der Waals surface area contributed by atoms with Gasteiger partial charge in [0.25, 0.3) is 0 Å². The molecule has 0 aliphatic carbocycles. The van der Waals surface area contributed by atoms with E-state index < -0.39 is 18.1 Å². The number of hydrogen-bond acceptors (Lipinski definition) is 3. The van der Waals surface area contributed by atoms with E-state index in [9.17, 15) is 14.7 Å². The third kappa shape index (κ3) is 3.63. The van der Waals surface area contributed by atoms with Gasteiger partial charge in [0, 0.05) is 12.1 Å². The fourth-order valence-corrected chi connectivity index (χ4v) is 2.23. The minimum atomic E-state index is -1.09. The number of anilines is 1. The van der Waals surface area contributed by atoms with Gasteiger partial charge in [-0.05, 0) is 17.7 Å². The number of para-hydroxylation sites is 1. The highest BCUT2D eigenvalue weighted by Crippen LogP contribution is 2.20. The molecule has 114 valence electrons. The minimum absolute atomic E-state index is 0.195. The molecule has 2 aromatic carbocycles. The second-order valence-corrected chi connectivity index (χ2v) is 4.72. The summed E-state index contributed by atoms with van der Waals surface area (Å²) in [4.78, 5) is 24.9. The Labute approximate surface area is 128 Å². The Hall–Kier alpha value is -2.82. The highest BCUT2D eigenvalue weighted by atomic mass is 16.5. The molecule has 5 nitrogen and oxygen atoms in total. The van der Waals surface area contributed by atoms with Crippen molar-refractivity contribution in [3.8, 4) is 0 Å². The Balaban J connectivity index is 2.37. The van der Waals surface area contributed by atoms with E-state index in [-0.39, 0.29) is 6.42 Å². The van der Waals surface area contributed by atoms with Crippen molar-refractivity contribution in [1.82, 2.24) is 0 Å². The first-order chi connectivity index (χ1) is 10.6. The Morgan fingerprint density at radius 2 is 1.59 bits per heavy atom. The number of methoxy groups -OCH3 is 1. The van der Waals surface area contributed by atoms with Gasteiger partial charge in [0.2, 0.25) is 0 Å². The zero-order valence-corrected chi connectivity index (χ0v) is 12.2. The molecule has 22 heavy (non-hydrogen) atoms. The first-order valence-corrected chi connectivity index (χ1v) is 6.82. The second-order valence-electron chi connectivity index (χ2n) is 4.72. The molecule has 0 radical (unpaired) electrons. The lowest BCUT2D eigenvalue weighted by molar-refractivity contribution is -0.138. The lowest BCUT2D eigenvalue weighted by atomic mass is 10.0. The molecule has 0 heterocycles. The monoisotopic (exact) mass is 299 g/mol. The summed E-state index contributed by atoms with van der Waals surface area (Å²) in [5.74, 6) is -1.09. The number of nitrogens with zero attached hydrogens (tertiary/aromatic N) is 1. The van der Waals surface area contributed by atoms with E-state index in [4.69, 9.17) is 4.74 Å². The van der Waals surface area contributed by atoms with Crippen LogP contribution in [0.3, 0.4) is 0 Å². The summed E-state index contributed by atoms with van der Waals surface area (Å²) in [6.45, 7) is 0. The number of hydrogen-bond donors (Lipinski definition) is 1. The summed E-state index contributed by atoms with van der Waals surface area (Å²) in [7, 11) is 1.24. The Morgan fingerprint density at radius 1 is 1.05 bits per heavy atom. The van der Waals surface area contributed by atoms with Crippen LogP contribution in [0.15, 0.2) is 60.7 Å². The summed E-state index contributed by atoms with van der Waals surface area (Å²) in [5, 5.41) is 9.56. The molecule has 0 fully saturated rings. The van der Waals surface area contributed by atoms with Gasteiger partial charge in [-0.15, -0.1) is 0 Å². The first kappa shape index (κ1) is 15.6. The SMILES string of the molecule is COC(=O)N(c1ccccc1)[C@@H](Cc1ccccc1)C(=O)O. The molecule has 0 aliphatic rings. The number of rotatable bonds is 5. The lowest BCUT2D eigenvalue weighted by Crippen LogP contribution is -2.46. The summed E-state index contributed by atoms with van der Waals surface area (Å²) in [5.41, 5.74) is 1.32. The number of amides is 1. The molecular formula is C17H17NO4. The number of carboxylic acids is 1. The van der Waals surface area contributed by atoms with Crippen LogP contribution in [-0.4, -0.2) is 30.3 Å². The van der Waals surface area contributed by atoms with Gasteiger partial charge in [0.05, 0.1) is 7.11 Å². The fourth-order valence-electron chi connectivity index (χ4n) is 2.23. The smallest absolute Gasteiger partial charge is 0.414 e. The van der Waals surface area contributed by atoms with E-state index >= 15 is 0 Å². The van der Waals surface area contributed by atoms with E-state index in [2.05, 4.69) is 0 Å². The van der Waals surface area contributed by atoms with Crippen molar-refractivity contribution in [1.29, 1.82) is 0 Å². The normalized spacial score (nSPS) is 11.5. The van der Waals surface area contributed by atoms with Crippen LogP contribution < -0.4 is 4.90 Å². The molecule has 0 aromatic heterocycles. The maximum Gasteiger partial charge on any atom is 0.414 e. The molecule has 1 amide bonds. The van der Waals surface area contributed by atoms with Crippen molar-refractivity contribution in [3.63, 3.8) is 0 Å².